The first-order valence-corrected chi connectivity index (χ1v) is 5.81. The lowest BCUT2D eigenvalue weighted by atomic mass is 10.0. The Morgan fingerprint density at radius 1 is 1.33 bits per heavy atom. The molecular formula is C14H19FO3. The van der Waals surface area contributed by atoms with Crippen LogP contribution < -0.4 is 4.74 Å². The Kier molecular flexibility index (Phi) is 4.33. The molecule has 1 aromatic rings. The highest BCUT2D eigenvalue weighted by Crippen LogP contribution is 2.25. The second kappa shape index (κ2) is 5.38. The highest BCUT2D eigenvalue weighted by molar-refractivity contribution is 5.78. The van der Waals surface area contributed by atoms with E-state index in [4.69, 9.17) is 9.47 Å². The zero-order valence-electron chi connectivity index (χ0n) is 11.4. The van der Waals surface area contributed by atoms with E-state index < -0.39 is 17.3 Å². The third-order valence-electron chi connectivity index (χ3n) is 2.44. The molecule has 18 heavy (non-hydrogen) atoms. The van der Waals surface area contributed by atoms with E-state index in [-0.39, 0.29) is 11.7 Å². The lowest BCUT2D eigenvalue weighted by molar-refractivity contribution is -0.156. The number of esters is 1. The molecule has 0 saturated heterocycles. The van der Waals surface area contributed by atoms with Gasteiger partial charge >= 0.3 is 5.97 Å². The first-order chi connectivity index (χ1) is 8.24. The third kappa shape index (κ3) is 3.72. The molecule has 0 heterocycles. The van der Waals surface area contributed by atoms with Crippen molar-refractivity contribution in [1.29, 1.82) is 0 Å². The molecule has 0 aliphatic rings. The Balaban J connectivity index is 2.87. The summed E-state index contributed by atoms with van der Waals surface area (Å²) in [5.41, 5.74) is 0.0265. The van der Waals surface area contributed by atoms with E-state index in [1.54, 1.807) is 33.8 Å². The van der Waals surface area contributed by atoms with Crippen molar-refractivity contribution in [3.05, 3.63) is 29.6 Å². The molecule has 4 heteroatoms. The van der Waals surface area contributed by atoms with Crippen molar-refractivity contribution in [3.8, 4) is 5.75 Å². The Hall–Kier alpha value is -1.58. The summed E-state index contributed by atoms with van der Waals surface area (Å²) in [7, 11) is 1.40. The molecule has 0 spiro atoms. The molecule has 0 amide bonds. The van der Waals surface area contributed by atoms with Crippen molar-refractivity contribution < 1.29 is 18.7 Å². The first kappa shape index (κ1) is 14.5. The van der Waals surface area contributed by atoms with Gasteiger partial charge in [0.1, 0.15) is 5.60 Å². The van der Waals surface area contributed by atoms with Crippen LogP contribution in [0.5, 0.6) is 5.75 Å². The smallest absolute Gasteiger partial charge is 0.313 e. The fourth-order valence-corrected chi connectivity index (χ4v) is 1.48. The predicted octanol–water partition coefficient (Wildman–Crippen LogP) is 3.28. The molecule has 0 saturated carbocycles. The number of halogens is 1. The number of carbonyl (C=O) groups excluding carboxylic acids is 1. The highest BCUT2D eigenvalue weighted by Gasteiger charge is 2.23. The lowest BCUT2D eigenvalue weighted by Gasteiger charge is -2.22. The van der Waals surface area contributed by atoms with Crippen LogP contribution in [-0.4, -0.2) is 18.7 Å². The van der Waals surface area contributed by atoms with Gasteiger partial charge in [0, 0.05) is 0 Å². The molecule has 100 valence electrons. The Morgan fingerprint density at radius 3 is 2.39 bits per heavy atom. The minimum absolute atomic E-state index is 0.162. The van der Waals surface area contributed by atoms with Crippen LogP contribution in [0.4, 0.5) is 4.39 Å². The van der Waals surface area contributed by atoms with E-state index >= 15 is 0 Å². The molecule has 0 radical (unpaired) electrons. The van der Waals surface area contributed by atoms with Crippen LogP contribution >= 0.6 is 0 Å². The van der Waals surface area contributed by atoms with Gasteiger partial charge in [0.05, 0.1) is 13.0 Å². The van der Waals surface area contributed by atoms with E-state index in [9.17, 15) is 9.18 Å². The molecule has 0 aromatic heterocycles. The van der Waals surface area contributed by atoms with Crippen molar-refractivity contribution >= 4 is 5.97 Å². The van der Waals surface area contributed by atoms with Crippen molar-refractivity contribution in [2.45, 2.75) is 39.2 Å². The van der Waals surface area contributed by atoms with Gasteiger partial charge in [-0.3, -0.25) is 4.79 Å². The maximum absolute atomic E-state index is 13.5. The molecule has 0 aliphatic carbocycles. The van der Waals surface area contributed by atoms with Gasteiger partial charge in [0.15, 0.2) is 11.6 Å². The Bertz CT molecular complexity index is 435. The number of benzene rings is 1. The van der Waals surface area contributed by atoms with E-state index in [1.165, 1.54) is 19.2 Å². The minimum Gasteiger partial charge on any atom is -0.494 e. The van der Waals surface area contributed by atoms with E-state index in [2.05, 4.69) is 0 Å². The average Bonchev–Trinajstić information content (AvgIpc) is 2.25. The summed E-state index contributed by atoms with van der Waals surface area (Å²) in [6, 6.07) is 4.47. The second-order valence-corrected chi connectivity index (χ2v) is 5.15. The maximum atomic E-state index is 13.5. The number of hydrogen-bond donors (Lipinski definition) is 0. The van der Waals surface area contributed by atoms with Gasteiger partial charge in [-0.15, -0.1) is 0 Å². The fourth-order valence-electron chi connectivity index (χ4n) is 1.48. The van der Waals surface area contributed by atoms with Crippen LogP contribution in [-0.2, 0) is 9.53 Å². The standard InChI is InChI=1S/C14H19FO3/c1-9(13(16)18-14(2,3)4)10-6-7-12(17-5)11(15)8-10/h6-9H,1-5H3. The topological polar surface area (TPSA) is 35.5 Å². The molecule has 1 unspecified atom stereocenters. The van der Waals surface area contributed by atoms with Crippen LogP contribution in [0.2, 0.25) is 0 Å². The SMILES string of the molecule is COc1ccc(C(C)C(=O)OC(C)(C)C)cc1F. The zero-order chi connectivity index (χ0) is 13.9. The largest absolute Gasteiger partial charge is 0.494 e. The summed E-state index contributed by atoms with van der Waals surface area (Å²) in [6.07, 6.45) is 0. The number of methoxy groups -OCH3 is 1. The van der Waals surface area contributed by atoms with Crippen molar-refractivity contribution in [2.75, 3.05) is 7.11 Å². The number of ether oxygens (including phenoxy) is 2. The molecule has 1 atom stereocenters. The maximum Gasteiger partial charge on any atom is 0.313 e. The van der Waals surface area contributed by atoms with Crippen LogP contribution in [0.25, 0.3) is 0 Å². The van der Waals surface area contributed by atoms with Crippen molar-refractivity contribution in [3.63, 3.8) is 0 Å². The van der Waals surface area contributed by atoms with Gasteiger partial charge in [-0.2, -0.15) is 0 Å². The van der Waals surface area contributed by atoms with Crippen molar-refractivity contribution in [2.24, 2.45) is 0 Å². The molecule has 0 N–H and O–H groups in total. The van der Waals surface area contributed by atoms with Gasteiger partial charge < -0.3 is 9.47 Å². The second-order valence-electron chi connectivity index (χ2n) is 5.15. The van der Waals surface area contributed by atoms with Crippen LogP contribution in [0.3, 0.4) is 0 Å². The van der Waals surface area contributed by atoms with Crippen LogP contribution in [0, 0.1) is 5.82 Å². The number of rotatable bonds is 3. The predicted molar refractivity (Wildman–Crippen MR) is 67.2 cm³/mol. The van der Waals surface area contributed by atoms with Gasteiger partial charge in [0.25, 0.3) is 0 Å². The van der Waals surface area contributed by atoms with E-state index in [0.717, 1.165) is 0 Å². The molecule has 3 nitrogen and oxygen atoms in total. The highest BCUT2D eigenvalue weighted by atomic mass is 19.1. The van der Waals surface area contributed by atoms with Crippen LogP contribution in [0.15, 0.2) is 18.2 Å². The van der Waals surface area contributed by atoms with Crippen molar-refractivity contribution in [1.82, 2.24) is 0 Å². The summed E-state index contributed by atoms with van der Waals surface area (Å²) in [6.45, 7) is 7.08. The molecule has 1 rings (SSSR count). The average molecular weight is 254 g/mol. The lowest BCUT2D eigenvalue weighted by Crippen LogP contribution is -2.26. The summed E-state index contributed by atoms with van der Waals surface area (Å²) in [5.74, 6) is -1.20. The number of hydrogen-bond acceptors (Lipinski definition) is 3. The quantitative estimate of drug-likeness (QED) is 0.776. The van der Waals surface area contributed by atoms with Gasteiger partial charge in [-0.1, -0.05) is 6.07 Å². The summed E-state index contributed by atoms with van der Waals surface area (Å²) in [5, 5.41) is 0. The summed E-state index contributed by atoms with van der Waals surface area (Å²) >= 11 is 0. The zero-order valence-corrected chi connectivity index (χ0v) is 11.4. The fraction of sp³-hybridized carbons (Fsp3) is 0.500. The third-order valence-corrected chi connectivity index (χ3v) is 2.44. The van der Waals surface area contributed by atoms with E-state index in [0.29, 0.717) is 5.56 Å². The molecular weight excluding hydrogens is 235 g/mol. The van der Waals surface area contributed by atoms with E-state index in [1.807, 2.05) is 0 Å². The summed E-state index contributed by atoms with van der Waals surface area (Å²) < 4.78 is 23.6. The molecule has 0 aliphatic heterocycles. The van der Waals surface area contributed by atoms with Gasteiger partial charge in [-0.05, 0) is 45.4 Å². The normalized spacial score (nSPS) is 13.0. The monoisotopic (exact) mass is 254 g/mol. The molecule has 1 aromatic carbocycles. The van der Waals surface area contributed by atoms with Crippen LogP contribution in [0.1, 0.15) is 39.2 Å². The van der Waals surface area contributed by atoms with Gasteiger partial charge in [0.2, 0.25) is 0 Å². The molecule has 0 fully saturated rings. The number of carbonyl (C=O) groups is 1. The summed E-state index contributed by atoms with van der Waals surface area (Å²) in [4.78, 5) is 11.8. The molecule has 0 bridgehead atoms. The Morgan fingerprint density at radius 2 is 1.94 bits per heavy atom. The first-order valence-electron chi connectivity index (χ1n) is 5.81. The van der Waals surface area contributed by atoms with Gasteiger partial charge in [-0.25, -0.2) is 4.39 Å². The Labute approximate surface area is 107 Å². The minimum atomic E-state index is -0.545.